The molecule has 0 radical (unpaired) electrons. The Morgan fingerprint density at radius 3 is 2.73 bits per heavy atom. The molecule has 1 aliphatic carbocycles. The molecule has 0 amide bonds. The molecule has 15 heavy (non-hydrogen) atoms. The smallest absolute Gasteiger partial charge is 0.0537 e. The second-order valence-electron chi connectivity index (χ2n) is 4.77. The van der Waals surface area contributed by atoms with E-state index in [-0.39, 0.29) is 0 Å². The van der Waals surface area contributed by atoms with Gasteiger partial charge in [0.05, 0.1) is 6.20 Å². The molecular formula is C12H21N3. The van der Waals surface area contributed by atoms with Crippen LogP contribution in [0.2, 0.25) is 0 Å². The summed E-state index contributed by atoms with van der Waals surface area (Å²) in [5.74, 6) is 0. The van der Waals surface area contributed by atoms with Crippen LogP contribution in [-0.4, -0.2) is 16.3 Å². The highest BCUT2D eigenvalue weighted by atomic mass is 15.3. The molecule has 0 aromatic carbocycles. The third kappa shape index (κ3) is 2.07. The SMILES string of the molecule is CCNC(c1cnn(CC)c1)C1(C)CC1. The molecule has 0 saturated heterocycles. The van der Waals surface area contributed by atoms with E-state index in [9.17, 15) is 0 Å². The van der Waals surface area contributed by atoms with Crippen molar-refractivity contribution in [1.29, 1.82) is 0 Å². The van der Waals surface area contributed by atoms with E-state index in [0.29, 0.717) is 11.5 Å². The van der Waals surface area contributed by atoms with Crippen molar-refractivity contribution in [1.82, 2.24) is 15.1 Å². The average molecular weight is 207 g/mol. The van der Waals surface area contributed by atoms with Crippen molar-refractivity contribution in [2.24, 2.45) is 5.41 Å². The summed E-state index contributed by atoms with van der Waals surface area (Å²) >= 11 is 0. The quantitative estimate of drug-likeness (QED) is 0.803. The Hall–Kier alpha value is -0.830. The zero-order valence-corrected chi connectivity index (χ0v) is 9.95. The third-order valence-corrected chi connectivity index (χ3v) is 3.45. The van der Waals surface area contributed by atoms with E-state index in [2.05, 4.69) is 37.4 Å². The first-order valence-electron chi connectivity index (χ1n) is 5.95. The van der Waals surface area contributed by atoms with Crippen LogP contribution in [-0.2, 0) is 6.54 Å². The molecule has 1 aromatic rings. The Bertz CT molecular complexity index is 325. The van der Waals surface area contributed by atoms with Crippen molar-refractivity contribution in [3.8, 4) is 0 Å². The molecule has 0 aliphatic heterocycles. The van der Waals surface area contributed by atoms with E-state index >= 15 is 0 Å². The molecule has 2 rings (SSSR count). The van der Waals surface area contributed by atoms with Gasteiger partial charge in [0.2, 0.25) is 0 Å². The fourth-order valence-electron chi connectivity index (χ4n) is 2.16. The van der Waals surface area contributed by atoms with Crippen molar-refractivity contribution in [3.05, 3.63) is 18.0 Å². The second-order valence-corrected chi connectivity index (χ2v) is 4.77. The van der Waals surface area contributed by atoms with Gasteiger partial charge in [-0.1, -0.05) is 13.8 Å². The zero-order valence-electron chi connectivity index (χ0n) is 9.95. The summed E-state index contributed by atoms with van der Waals surface area (Å²) < 4.78 is 2.01. The summed E-state index contributed by atoms with van der Waals surface area (Å²) in [6.07, 6.45) is 6.86. The third-order valence-electron chi connectivity index (χ3n) is 3.45. The maximum Gasteiger partial charge on any atom is 0.0537 e. The van der Waals surface area contributed by atoms with Gasteiger partial charge in [-0.3, -0.25) is 4.68 Å². The van der Waals surface area contributed by atoms with Crippen LogP contribution in [0.3, 0.4) is 0 Å². The Morgan fingerprint density at radius 1 is 1.53 bits per heavy atom. The van der Waals surface area contributed by atoms with Crippen molar-refractivity contribution in [3.63, 3.8) is 0 Å². The first-order chi connectivity index (χ1) is 7.19. The van der Waals surface area contributed by atoms with Gasteiger partial charge in [-0.15, -0.1) is 0 Å². The molecule has 1 N–H and O–H groups in total. The second kappa shape index (κ2) is 3.97. The molecule has 1 aromatic heterocycles. The Labute approximate surface area is 91.9 Å². The molecule has 84 valence electrons. The first kappa shape index (κ1) is 10.7. The van der Waals surface area contributed by atoms with Gasteiger partial charge in [0.15, 0.2) is 0 Å². The number of aromatic nitrogens is 2. The van der Waals surface area contributed by atoms with Crippen molar-refractivity contribution in [2.75, 3.05) is 6.54 Å². The minimum atomic E-state index is 0.470. The molecule has 1 heterocycles. The minimum Gasteiger partial charge on any atom is -0.310 e. The lowest BCUT2D eigenvalue weighted by atomic mass is 9.94. The van der Waals surface area contributed by atoms with E-state index in [1.807, 2.05) is 10.9 Å². The van der Waals surface area contributed by atoms with Crippen LogP contribution in [0.15, 0.2) is 12.4 Å². The number of hydrogen-bond donors (Lipinski definition) is 1. The van der Waals surface area contributed by atoms with Gasteiger partial charge in [-0.2, -0.15) is 5.10 Å². The van der Waals surface area contributed by atoms with Gasteiger partial charge in [0.1, 0.15) is 0 Å². The highest BCUT2D eigenvalue weighted by molar-refractivity contribution is 5.18. The van der Waals surface area contributed by atoms with Crippen LogP contribution in [0.25, 0.3) is 0 Å². The predicted molar refractivity (Wildman–Crippen MR) is 61.7 cm³/mol. The molecule has 1 aliphatic rings. The van der Waals surface area contributed by atoms with Crippen LogP contribution in [0.1, 0.15) is 45.2 Å². The molecule has 1 atom stereocenters. The lowest BCUT2D eigenvalue weighted by Gasteiger charge is -2.23. The normalized spacial score (nSPS) is 20.2. The van der Waals surface area contributed by atoms with Crippen molar-refractivity contribution >= 4 is 0 Å². The lowest BCUT2D eigenvalue weighted by Crippen LogP contribution is -2.27. The molecule has 1 unspecified atom stereocenters. The number of aryl methyl sites for hydroxylation is 1. The van der Waals surface area contributed by atoms with Crippen LogP contribution in [0.5, 0.6) is 0 Å². The lowest BCUT2D eigenvalue weighted by molar-refractivity contribution is 0.373. The predicted octanol–water partition coefficient (Wildman–Crippen LogP) is 2.35. The molecule has 1 saturated carbocycles. The summed E-state index contributed by atoms with van der Waals surface area (Å²) in [7, 11) is 0. The molecular weight excluding hydrogens is 186 g/mol. The number of nitrogens with one attached hydrogen (secondary N) is 1. The maximum atomic E-state index is 4.36. The summed E-state index contributed by atoms with van der Waals surface area (Å²) in [5.41, 5.74) is 1.82. The summed E-state index contributed by atoms with van der Waals surface area (Å²) in [6, 6.07) is 0.489. The zero-order chi connectivity index (χ0) is 10.9. The van der Waals surface area contributed by atoms with Gasteiger partial charge in [0.25, 0.3) is 0 Å². The molecule has 0 spiro atoms. The molecule has 3 heteroatoms. The number of hydrogen-bond acceptors (Lipinski definition) is 2. The monoisotopic (exact) mass is 207 g/mol. The van der Waals surface area contributed by atoms with Gasteiger partial charge >= 0.3 is 0 Å². The van der Waals surface area contributed by atoms with Crippen LogP contribution < -0.4 is 5.32 Å². The standard InChI is InChI=1S/C12H21N3/c1-4-13-11(12(3)6-7-12)10-8-14-15(5-2)9-10/h8-9,11,13H,4-7H2,1-3H3. The van der Waals surface area contributed by atoms with E-state index in [1.165, 1.54) is 18.4 Å². The van der Waals surface area contributed by atoms with E-state index in [1.54, 1.807) is 0 Å². The summed E-state index contributed by atoms with van der Waals surface area (Å²) in [6.45, 7) is 8.64. The Morgan fingerprint density at radius 2 is 2.27 bits per heavy atom. The maximum absolute atomic E-state index is 4.36. The first-order valence-corrected chi connectivity index (χ1v) is 5.95. The molecule has 1 fully saturated rings. The largest absolute Gasteiger partial charge is 0.310 e. The number of rotatable bonds is 5. The van der Waals surface area contributed by atoms with Crippen LogP contribution in [0, 0.1) is 5.41 Å². The van der Waals surface area contributed by atoms with Gasteiger partial charge < -0.3 is 5.32 Å². The molecule has 3 nitrogen and oxygen atoms in total. The highest BCUT2D eigenvalue weighted by Crippen LogP contribution is 2.54. The Balaban J connectivity index is 2.16. The fourth-order valence-corrected chi connectivity index (χ4v) is 2.16. The van der Waals surface area contributed by atoms with Crippen molar-refractivity contribution < 1.29 is 0 Å². The van der Waals surface area contributed by atoms with Gasteiger partial charge in [0, 0.05) is 24.3 Å². The van der Waals surface area contributed by atoms with E-state index < -0.39 is 0 Å². The van der Waals surface area contributed by atoms with Crippen LogP contribution >= 0.6 is 0 Å². The molecule has 0 bridgehead atoms. The van der Waals surface area contributed by atoms with Crippen molar-refractivity contribution in [2.45, 2.75) is 46.2 Å². The average Bonchev–Trinajstić information content (AvgIpc) is 2.82. The summed E-state index contributed by atoms with van der Waals surface area (Å²) in [5, 5.41) is 7.94. The van der Waals surface area contributed by atoms with Gasteiger partial charge in [-0.05, 0) is 31.7 Å². The topological polar surface area (TPSA) is 29.9 Å². The van der Waals surface area contributed by atoms with Crippen LogP contribution in [0.4, 0.5) is 0 Å². The number of nitrogens with zero attached hydrogens (tertiary/aromatic N) is 2. The van der Waals surface area contributed by atoms with Gasteiger partial charge in [-0.25, -0.2) is 0 Å². The summed E-state index contributed by atoms with van der Waals surface area (Å²) in [4.78, 5) is 0. The minimum absolute atomic E-state index is 0.470. The van der Waals surface area contributed by atoms with E-state index in [0.717, 1.165) is 13.1 Å². The Kier molecular flexibility index (Phi) is 2.83. The highest BCUT2D eigenvalue weighted by Gasteiger charge is 2.45. The van der Waals surface area contributed by atoms with E-state index in [4.69, 9.17) is 0 Å². The fraction of sp³-hybridized carbons (Fsp3) is 0.750.